The van der Waals surface area contributed by atoms with Gasteiger partial charge in [-0.25, -0.2) is 12.8 Å². The van der Waals surface area contributed by atoms with Crippen molar-refractivity contribution in [1.82, 2.24) is 5.32 Å². The van der Waals surface area contributed by atoms with Gasteiger partial charge in [-0.2, -0.15) is 11.8 Å². The summed E-state index contributed by atoms with van der Waals surface area (Å²) in [4.78, 5) is 12.4. The first-order valence-electron chi connectivity index (χ1n) is 8.53. The van der Waals surface area contributed by atoms with Crippen LogP contribution >= 0.6 is 23.4 Å². The van der Waals surface area contributed by atoms with Crippen LogP contribution in [0.15, 0.2) is 48.5 Å². The van der Waals surface area contributed by atoms with Crippen LogP contribution in [0.4, 0.5) is 10.1 Å². The zero-order valence-corrected chi connectivity index (χ0v) is 18.0. The van der Waals surface area contributed by atoms with Crippen LogP contribution in [-0.2, 0) is 20.6 Å². The molecule has 0 saturated heterocycles. The summed E-state index contributed by atoms with van der Waals surface area (Å²) in [5.41, 5.74) is 1.37. The molecule has 0 fully saturated rings. The van der Waals surface area contributed by atoms with Gasteiger partial charge in [-0.05, 0) is 48.9 Å². The van der Waals surface area contributed by atoms with Crippen LogP contribution in [0, 0.1) is 5.82 Å². The Labute approximate surface area is 174 Å². The first-order chi connectivity index (χ1) is 13.2. The Morgan fingerprint density at radius 2 is 1.79 bits per heavy atom. The zero-order valence-electron chi connectivity index (χ0n) is 15.6. The molecule has 28 heavy (non-hydrogen) atoms. The number of halogens is 2. The van der Waals surface area contributed by atoms with Gasteiger partial charge < -0.3 is 5.32 Å². The summed E-state index contributed by atoms with van der Waals surface area (Å²) in [6.07, 6.45) is 1.02. The van der Waals surface area contributed by atoms with Crippen LogP contribution in [0.2, 0.25) is 5.02 Å². The van der Waals surface area contributed by atoms with E-state index >= 15 is 0 Å². The lowest BCUT2D eigenvalue weighted by atomic mass is 10.2. The van der Waals surface area contributed by atoms with Crippen LogP contribution < -0.4 is 9.62 Å². The molecule has 1 amide bonds. The molecule has 1 unspecified atom stereocenters. The molecule has 0 aliphatic heterocycles. The number of hydrogen-bond acceptors (Lipinski definition) is 4. The van der Waals surface area contributed by atoms with Gasteiger partial charge >= 0.3 is 0 Å². The molecule has 0 spiro atoms. The number of thioether (sulfide) groups is 1. The van der Waals surface area contributed by atoms with Crippen molar-refractivity contribution in [3.63, 3.8) is 0 Å². The van der Waals surface area contributed by atoms with E-state index in [-0.39, 0.29) is 5.69 Å². The van der Waals surface area contributed by atoms with Gasteiger partial charge in [0.25, 0.3) is 0 Å². The number of carbonyl (C=O) groups is 1. The minimum atomic E-state index is -3.72. The SMILES string of the molecule is CC(C(=O)NCCSCc1ccc(Cl)cc1)N(c1ccc(F)cc1)S(C)(=O)=O. The van der Waals surface area contributed by atoms with Crippen LogP contribution in [0.3, 0.4) is 0 Å². The summed E-state index contributed by atoms with van der Waals surface area (Å²) in [7, 11) is -3.72. The van der Waals surface area contributed by atoms with E-state index in [0.717, 1.165) is 34.0 Å². The van der Waals surface area contributed by atoms with Crippen molar-refractivity contribution in [2.24, 2.45) is 0 Å². The second-order valence-corrected chi connectivity index (χ2v) is 9.58. The quantitative estimate of drug-likeness (QED) is 0.599. The van der Waals surface area contributed by atoms with Crippen LogP contribution in [0.5, 0.6) is 0 Å². The number of anilines is 1. The topological polar surface area (TPSA) is 66.5 Å². The number of rotatable bonds is 9. The molecule has 2 aromatic carbocycles. The molecule has 1 atom stereocenters. The van der Waals surface area contributed by atoms with E-state index in [4.69, 9.17) is 11.6 Å². The molecule has 2 rings (SSSR count). The lowest BCUT2D eigenvalue weighted by Gasteiger charge is -2.28. The summed E-state index contributed by atoms with van der Waals surface area (Å²) in [5, 5.41) is 3.44. The van der Waals surface area contributed by atoms with E-state index in [9.17, 15) is 17.6 Å². The first kappa shape index (κ1) is 22.5. The maximum Gasteiger partial charge on any atom is 0.243 e. The average molecular weight is 445 g/mol. The van der Waals surface area contributed by atoms with Gasteiger partial charge in [0.15, 0.2) is 0 Å². The molecule has 2 aromatic rings. The number of hydrogen-bond donors (Lipinski definition) is 1. The molecule has 5 nitrogen and oxygen atoms in total. The van der Waals surface area contributed by atoms with Crippen molar-refractivity contribution in [2.75, 3.05) is 22.9 Å². The fraction of sp³-hybridized carbons (Fsp3) is 0.316. The smallest absolute Gasteiger partial charge is 0.243 e. The van der Waals surface area contributed by atoms with Gasteiger partial charge in [0.05, 0.1) is 11.9 Å². The zero-order chi connectivity index (χ0) is 20.7. The number of carbonyl (C=O) groups excluding carboxylic acids is 1. The summed E-state index contributed by atoms with van der Waals surface area (Å²) in [5.74, 6) is 0.568. The van der Waals surface area contributed by atoms with Crippen molar-refractivity contribution in [2.45, 2.75) is 18.7 Å². The van der Waals surface area contributed by atoms with Crippen LogP contribution in [0.1, 0.15) is 12.5 Å². The second-order valence-electron chi connectivity index (χ2n) is 6.18. The Morgan fingerprint density at radius 1 is 1.18 bits per heavy atom. The highest BCUT2D eigenvalue weighted by Gasteiger charge is 2.28. The summed E-state index contributed by atoms with van der Waals surface area (Å²) in [6.45, 7) is 1.91. The number of amides is 1. The average Bonchev–Trinajstić information content (AvgIpc) is 2.63. The molecule has 0 radical (unpaired) electrons. The number of benzene rings is 2. The van der Waals surface area contributed by atoms with Gasteiger partial charge in [-0.3, -0.25) is 9.10 Å². The van der Waals surface area contributed by atoms with Gasteiger partial charge in [0.2, 0.25) is 15.9 Å². The molecule has 0 aromatic heterocycles. The van der Waals surface area contributed by atoms with Crippen LogP contribution in [0.25, 0.3) is 0 Å². The number of nitrogens with one attached hydrogen (secondary N) is 1. The Morgan fingerprint density at radius 3 is 2.36 bits per heavy atom. The second kappa shape index (κ2) is 10.1. The van der Waals surface area contributed by atoms with Gasteiger partial charge in [-0.15, -0.1) is 0 Å². The summed E-state index contributed by atoms with van der Waals surface area (Å²) in [6, 6.07) is 11.6. The predicted molar refractivity (Wildman–Crippen MR) is 114 cm³/mol. The van der Waals surface area contributed by atoms with E-state index in [2.05, 4.69) is 5.32 Å². The lowest BCUT2D eigenvalue weighted by Crippen LogP contribution is -2.48. The third-order valence-corrected chi connectivity index (χ3v) is 6.42. The van der Waals surface area contributed by atoms with Crippen molar-refractivity contribution in [3.05, 3.63) is 64.9 Å². The molecular weight excluding hydrogens is 423 g/mol. The Kier molecular flexibility index (Phi) is 8.15. The van der Waals surface area contributed by atoms with E-state index in [1.54, 1.807) is 11.8 Å². The standard InChI is InChI=1S/C19H22ClFN2O3S2/c1-14(23(28(2,25)26)18-9-7-17(21)8-10-18)19(24)22-11-12-27-13-15-3-5-16(20)6-4-15/h3-10,14H,11-13H2,1-2H3,(H,22,24). The molecule has 0 saturated carbocycles. The van der Waals surface area contributed by atoms with Gasteiger partial charge in [-0.1, -0.05) is 23.7 Å². The molecule has 0 heterocycles. The van der Waals surface area contributed by atoms with Gasteiger partial charge in [0.1, 0.15) is 11.9 Å². The Hall–Kier alpha value is -1.77. The lowest BCUT2D eigenvalue weighted by molar-refractivity contribution is -0.121. The number of sulfonamides is 1. The van der Waals surface area contributed by atoms with Crippen LogP contribution in [-0.4, -0.2) is 38.9 Å². The minimum absolute atomic E-state index is 0.240. The van der Waals surface area contributed by atoms with Crippen molar-refractivity contribution < 1.29 is 17.6 Å². The van der Waals surface area contributed by atoms with Gasteiger partial charge in [0, 0.05) is 23.1 Å². The Balaban J connectivity index is 1.88. The van der Waals surface area contributed by atoms with Crippen molar-refractivity contribution >= 4 is 45.0 Å². The first-order valence-corrected chi connectivity index (χ1v) is 11.9. The highest BCUT2D eigenvalue weighted by atomic mass is 35.5. The third kappa shape index (κ3) is 6.68. The number of nitrogens with zero attached hydrogens (tertiary/aromatic N) is 1. The third-order valence-electron chi connectivity index (χ3n) is 3.90. The molecule has 0 aliphatic rings. The molecule has 0 aliphatic carbocycles. The normalized spacial score (nSPS) is 12.4. The predicted octanol–water partition coefficient (Wildman–Crippen LogP) is 3.68. The highest BCUT2D eigenvalue weighted by molar-refractivity contribution is 7.98. The van der Waals surface area contributed by atoms with Crippen molar-refractivity contribution in [3.8, 4) is 0 Å². The molecule has 9 heteroatoms. The summed E-state index contributed by atoms with van der Waals surface area (Å²) >= 11 is 7.50. The van der Waals surface area contributed by atoms with E-state index in [1.165, 1.54) is 19.1 Å². The molecule has 1 N–H and O–H groups in total. The Bertz CT molecular complexity index is 890. The van der Waals surface area contributed by atoms with E-state index in [1.807, 2.05) is 24.3 Å². The fourth-order valence-electron chi connectivity index (χ4n) is 2.56. The maximum atomic E-state index is 13.1. The molecule has 152 valence electrons. The largest absolute Gasteiger partial charge is 0.353 e. The highest BCUT2D eigenvalue weighted by Crippen LogP contribution is 2.21. The maximum absolute atomic E-state index is 13.1. The minimum Gasteiger partial charge on any atom is -0.353 e. The van der Waals surface area contributed by atoms with E-state index < -0.39 is 27.8 Å². The molecular formula is C19H22ClFN2O3S2. The molecule has 0 bridgehead atoms. The summed E-state index contributed by atoms with van der Waals surface area (Å²) < 4.78 is 38.4. The van der Waals surface area contributed by atoms with Crippen molar-refractivity contribution in [1.29, 1.82) is 0 Å². The monoisotopic (exact) mass is 444 g/mol. The van der Waals surface area contributed by atoms with E-state index in [0.29, 0.717) is 17.3 Å². The fourth-order valence-corrected chi connectivity index (χ4v) is 4.68.